The molecule has 0 saturated carbocycles. The highest BCUT2D eigenvalue weighted by Gasteiger charge is 2.18. The average Bonchev–Trinajstić information content (AvgIpc) is 2.89. The van der Waals surface area contributed by atoms with Crippen LogP contribution in [0.4, 0.5) is 10.5 Å². The third-order valence-corrected chi connectivity index (χ3v) is 3.46. The van der Waals surface area contributed by atoms with Gasteiger partial charge in [-0.3, -0.25) is 10.3 Å². The molecule has 0 saturated heterocycles. The number of rotatable bonds is 2. The summed E-state index contributed by atoms with van der Waals surface area (Å²) < 4.78 is 5.28. The molecular weight excluding hydrogens is 288 g/mol. The second kappa shape index (κ2) is 5.88. The van der Waals surface area contributed by atoms with Gasteiger partial charge in [-0.05, 0) is 38.5 Å². The molecule has 1 amide bonds. The van der Waals surface area contributed by atoms with Gasteiger partial charge in [-0.15, -0.1) is 0 Å². The third-order valence-electron chi connectivity index (χ3n) is 3.46. The van der Waals surface area contributed by atoms with E-state index in [0.29, 0.717) is 12.2 Å². The number of carbonyl (C=O) groups excluding carboxylic acids is 1. The van der Waals surface area contributed by atoms with Crippen LogP contribution < -0.4 is 5.32 Å². The maximum Gasteiger partial charge on any atom is 0.412 e. The molecule has 2 aromatic rings. The van der Waals surface area contributed by atoms with Gasteiger partial charge < -0.3 is 4.74 Å². The second-order valence-corrected chi connectivity index (χ2v) is 6.53. The standard InChI is InChI=1S/C19H20N2O2/c1-19(2,3)23-18(22)21-15-9-6-8-13(11-15)17-16-10-5-4-7-14(16)12-20-17/h4-11H,12H2,1-3H3,(H,21,22). The fourth-order valence-electron chi connectivity index (χ4n) is 2.55. The molecule has 1 aliphatic rings. The highest BCUT2D eigenvalue weighted by molar-refractivity contribution is 6.15. The number of fused-ring (bicyclic) bond motifs is 1. The van der Waals surface area contributed by atoms with Crippen molar-refractivity contribution in [1.29, 1.82) is 0 Å². The molecule has 0 fully saturated rings. The Bertz CT molecular complexity index is 773. The fraction of sp³-hybridized carbons (Fsp3) is 0.263. The van der Waals surface area contributed by atoms with Gasteiger partial charge in [-0.1, -0.05) is 36.4 Å². The number of aliphatic imine (C=N–C) groups is 1. The van der Waals surface area contributed by atoms with Crippen LogP contribution in [-0.4, -0.2) is 17.4 Å². The van der Waals surface area contributed by atoms with Crippen LogP contribution in [0.3, 0.4) is 0 Å². The summed E-state index contributed by atoms with van der Waals surface area (Å²) in [6.07, 6.45) is -0.455. The maximum absolute atomic E-state index is 11.9. The number of carbonyl (C=O) groups is 1. The van der Waals surface area contributed by atoms with E-state index in [0.717, 1.165) is 16.8 Å². The van der Waals surface area contributed by atoms with E-state index in [4.69, 9.17) is 4.74 Å². The molecule has 0 atom stereocenters. The van der Waals surface area contributed by atoms with Crippen molar-refractivity contribution in [2.75, 3.05) is 5.32 Å². The quantitative estimate of drug-likeness (QED) is 0.894. The Balaban J connectivity index is 1.80. The van der Waals surface area contributed by atoms with Crippen LogP contribution in [0.1, 0.15) is 37.5 Å². The SMILES string of the molecule is CC(C)(C)OC(=O)Nc1cccc(C2=NCc3ccccc32)c1. The van der Waals surface area contributed by atoms with Gasteiger partial charge in [-0.25, -0.2) is 4.79 Å². The second-order valence-electron chi connectivity index (χ2n) is 6.53. The van der Waals surface area contributed by atoms with E-state index >= 15 is 0 Å². The average molecular weight is 308 g/mol. The normalized spacial score (nSPS) is 13.3. The molecule has 118 valence electrons. The summed E-state index contributed by atoms with van der Waals surface area (Å²) in [4.78, 5) is 16.5. The van der Waals surface area contributed by atoms with Crippen molar-refractivity contribution in [2.24, 2.45) is 4.99 Å². The molecule has 0 unspecified atom stereocenters. The summed E-state index contributed by atoms with van der Waals surface area (Å²) in [5, 5.41) is 2.77. The Labute approximate surface area is 136 Å². The molecule has 0 aliphatic carbocycles. The minimum atomic E-state index is -0.518. The molecule has 0 radical (unpaired) electrons. The van der Waals surface area contributed by atoms with E-state index in [9.17, 15) is 4.79 Å². The van der Waals surface area contributed by atoms with E-state index < -0.39 is 11.7 Å². The minimum Gasteiger partial charge on any atom is -0.444 e. The Morgan fingerprint density at radius 3 is 2.70 bits per heavy atom. The maximum atomic E-state index is 11.9. The smallest absolute Gasteiger partial charge is 0.412 e. The monoisotopic (exact) mass is 308 g/mol. The molecule has 3 rings (SSSR count). The fourth-order valence-corrected chi connectivity index (χ4v) is 2.55. The lowest BCUT2D eigenvalue weighted by atomic mass is 10.00. The van der Waals surface area contributed by atoms with E-state index in [1.54, 1.807) is 0 Å². The zero-order valence-electron chi connectivity index (χ0n) is 13.6. The van der Waals surface area contributed by atoms with E-state index in [1.807, 2.05) is 57.2 Å². The predicted molar refractivity (Wildman–Crippen MR) is 92.1 cm³/mol. The van der Waals surface area contributed by atoms with Gasteiger partial charge in [0.1, 0.15) is 5.60 Å². The minimum absolute atomic E-state index is 0.455. The van der Waals surface area contributed by atoms with Crippen LogP contribution in [0.2, 0.25) is 0 Å². The van der Waals surface area contributed by atoms with Crippen molar-refractivity contribution in [3.8, 4) is 0 Å². The zero-order valence-corrected chi connectivity index (χ0v) is 13.6. The molecule has 0 aromatic heterocycles. The van der Waals surface area contributed by atoms with Crippen molar-refractivity contribution >= 4 is 17.5 Å². The van der Waals surface area contributed by atoms with E-state index in [2.05, 4.69) is 22.4 Å². The predicted octanol–water partition coefficient (Wildman–Crippen LogP) is 4.38. The zero-order chi connectivity index (χ0) is 16.4. The number of benzene rings is 2. The van der Waals surface area contributed by atoms with Crippen molar-refractivity contribution in [3.63, 3.8) is 0 Å². The van der Waals surface area contributed by atoms with Crippen molar-refractivity contribution in [1.82, 2.24) is 0 Å². The van der Waals surface area contributed by atoms with Crippen molar-refractivity contribution in [3.05, 3.63) is 65.2 Å². The van der Waals surface area contributed by atoms with Crippen molar-refractivity contribution < 1.29 is 9.53 Å². The number of hydrogen-bond donors (Lipinski definition) is 1. The lowest BCUT2D eigenvalue weighted by Gasteiger charge is -2.19. The Morgan fingerprint density at radius 2 is 1.91 bits per heavy atom. The van der Waals surface area contributed by atoms with Crippen LogP contribution in [-0.2, 0) is 11.3 Å². The lowest BCUT2D eigenvalue weighted by molar-refractivity contribution is 0.0636. The summed E-state index contributed by atoms with van der Waals surface area (Å²) in [5.74, 6) is 0. The number of anilines is 1. The number of amides is 1. The van der Waals surface area contributed by atoms with Crippen LogP contribution >= 0.6 is 0 Å². The van der Waals surface area contributed by atoms with Gasteiger partial charge in [0, 0.05) is 16.8 Å². The summed E-state index contributed by atoms with van der Waals surface area (Å²) in [7, 11) is 0. The van der Waals surface area contributed by atoms with Crippen molar-refractivity contribution in [2.45, 2.75) is 32.9 Å². The first-order valence-electron chi connectivity index (χ1n) is 7.65. The van der Waals surface area contributed by atoms with E-state index in [-0.39, 0.29) is 0 Å². The van der Waals surface area contributed by atoms with Crippen LogP contribution in [0.25, 0.3) is 0 Å². The number of hydrogen-bond acceptors (Lipinski definition) is 3. The number of nitrogens with zero attached hydrogens (tertiary/aromatic N) is 1. The van der Waals surface area contributed by atoms with Crippen LogP contribution in [0, 0.1) is 0 Å². The topological polar surface area (TPSA) is 50.7 Å². The molecule has 2 aromatic carbocycles. The summed E-state index contributed by atoms with van der Waals surface area (Å²) in [6, 6.07) is 15.9. The van der Waals surface area contributed by atoms with Gasteiger partial charge in [-0.2, -0.15) is 0 Å². The molecule has 4 nitrogen and oxygen atoms in total. The highest BCUT2D eigenvalue weighted by atomic mass is 16.6. The van der Waals surface area contributed by atoms with Gasteiger partial charge in [0.05, 0.1) is 12.3 Å². The summed E-state index contributed by atoms with van der Waals surface area (Å²) >= 11 is 0. The first-order chi connectivity index (χ1) is 10.9. The summed E-state index contributed by atoms with van der Waals surface area (Å²) in [5.41, 5.74) is 4.52. The molecule has 4 heteroatoms. The molecule has 1 N–H and O–H groups in total. The molecule has 1 heterocycles. The summed E-state index contributed by atoms with van der Waals surface area (Å²) in [6.45, 7) is 6.23. The van der Waals surface area contributed by atoms with Gasteiger partial charge in [0.25, 0.3) is 0 Å². The van der Waals surface area contributed by atoms with Gasteiger partial charge in [0.2, 0.25) is 0 Å². The largest absolute Gasteiger partial charge is 0.444 e. The van der Waals surface area contributed by atoms with Gasteiger partial charge >= 0.3 is 6.09 Å². The van der Waals surface area contributed by atoms with Gasteiger partial charge in [0.15, 0.2) is 0 Å². The first kappa shape index (κ1) is 15.3. The van der Waals surface area contributed by atoms with E-state index in [1.165, 1.54) is 5.56 Å². The number of nitrogens with one attached hydrogen (secondary N) is 1. The van der Waals surface area contributed by atoms with Crippen LogP contribution in [0.5, 0.6) is 0 Å². The van der Waals surface area contributed by atoms with Crippen LogP contribution in [0.15, 0.2) is 53.5 Å². The molecular formula is C19H20N2O2. The molecule has 23 heavy (non-hydrogen) atoms. The highest BCUT2D eigenvalue weighted by Crippen LogP contribution is 2.24. The lowest BCUT2D eigenvalue weighted by Crippen LogP contribution is -2.27. The first-order valence-corrected chi connectivity index (χ1v) is 7.65. The Morgan fingerprint density at radius 1 is 1.13 bits per heavy atom. The molecule has 0 spiro atoms. The number of ether oxygens (including phenoxy) is 1. The Hall–Kier alpha value is -2.62. The molecule has 0 bridgehead atoms. The molecule has 1 aliphatic heterocycles. The Kier molecular flexibility index (Phi) is 3.90. The third kappa shape index (κ3) is 3.59.